The molecule has 0 aliphatic rings. The van der Waals surface area contributed by atoms with Crippen molar-refractivity contribution >= 4 is 23.7 Å². The Morgan fingerprint density at radius 1 is 1.08 bits per heavy atom. The number of carboxylic acids is 1. The maximum Gasteiger partial charge on any atom is 0.326 e. The molecule has 0 radical (unpaired) electrons. The number of aliphatic carboxylic acids is 1. The Kier molecular flexibility index (Phi) is 10.1. The van der Waals surface area contributed by atoms with E-state index in [4.69, 9.17) is 22.3 Å². The summed E-state index contributed by atoms with van der Waals surface area (Å²) in [6.45, 7) is 2.98. The Labute approximate surface area is 146 Å². The third kappa shape index (κ3) is 8.86. The van der Waals surface area contributed by atoms with Crippen molar-refractivity contribution in [3.05, 3.63) is 0 Å². The first-order valence-electron chi connectivity index (χ1n) is 7.85. The van der Waals surface area contributed by atoms with Gasteiger partial charge in [-0.25, -0.2) is 4.79 Å². The SMILES string of the molecule is CC(C)C(N)C(=O)NC(CO)C(=O)NC(CCCN=C(N)N)C(=O)O. The molecule has 11 heteroatoms. The van der Waals surface area contributed by atoms with E-state index in [0.29, 0.717) is 6.42 Å². The molecule has 0 saturated heterocycles. The summed E-state index contributed by atoms with van der Waals surface area (Å²) in [5, 5.41) is 23.0. The van der Waals surface area contributed by atoms with Crippen LogP contribution in [0.5, 0.6) is 0 Å². The summed E-state index contributed by atoms with van der Waals surface area (Å²) < 4.78 is 0. The van der Waals surface area contributed by atoms with Gasteiger partial charge in [0.15, 0.2) is 5.96 Å². The number of carbonyl (C=O) groups excluding carboxylic acids is 2. The number of aliphatic hydroxyl groups excluding tert-OH is 1. The van der Waals surface area contributed by atoms with Crippen molar-refractivity contribution in [1.29, 1.82) is 0 Å². The van der Waals surface area contributed by atoms with E-state index < -0.39 is 42.5 Å². The van der Waals surface area contributed by atoms with Gasteiger partial charge in [0.25, 0.3) is 0 Å². The maximum atomic E-state index is 12.1. The average molecular weight is 360 g/mol. The molecule has 0 fully saturated rings. The zero-order valence-electron chi connectivity index (χ0n) is 14.4. The summed E-state index contributed by atoms with van der Waals surface area (Å²) in [5.41, 5.74) is 16.0. The van der Waals surface area contributed by atoms with Crippen LogP contribution in [-0.4, -0.2) is 65.2 Å². The van der Waals surface area contributed by atoms with Crippen molar-refractivity contribution in [3.63, 3.8) is 0 Å². The van der Waals surface area contributed by atoms with Gasteiger partial charge in [-0.3, -0.25) is 14.6 Å². The number of rotatable bonds is 11. The molecule has 0 heterocycles. The molecule has 0 aromatic rings. The topological polar surface area (TPSA) is 206 Å². The second-order valence-electron chi connectivity index (χ2n) is 5.86. The lowest BCUT2D eigenvalue weighted by Gasteiger charge is -2.22. The molecule has 3 atom stereocenters. The predicted molar refractivity (Wildman–Crippen MR) is 91.3 cm³/mol. The van der Waals surface area contributed by atoms with Crippen LogP contribution in [-0.2, 0) is 14.4 Å². The fourth-order valence-electron chi connectivity index (χ4n) is 1.80. The number of guanidine groups is 1. The van der Waals surface area contributed by atoms with E-state index >= 15 is 0 Å². The summed E-state index contributed by atoms with van der Waals surface area (Å²) in [6.07, 6.45) is 0.402. The zero-order valence-corrected chi connectivity index (χ0v) is 14.4. The van der Waals surface area contributed by atoms with Crippen LogP contribution >= 0.6 is 0 Å². The van der Waals surface area contributed by atoms with Gasteiger partial charge in [-0.2, -0.15) is 0 Å². The summed E-state index contributed by atoms with van der Waals surface area (Å²) >= 11 is 0. The fourth-order valence-corrected chi connectivity index (χ4v) is 1.80. The standard InChI is InChI=1S/C14H28N6O5/c1-7(2)10(15)12(23)20-9(6-21)11(22)19-8(13(24)25)4-3-5-18-14(16)17/h7-10,21H,3-6,15H2,1-2H3,(H,19,22)(H,20,23)(H,24,25)(H4,16,17,18). The molecular formula is C14H28N6O5. The number of nitrogens with two attached hydrogens (primary N) is 3. The van der Waals surface area contributed by atoms with Crippen LogP contribution in [0.25, 0.3) is 0 Å². The van der Waals surface area contributed by atoms with Crippen molar-refractivity contribution in [2.45, 2.75) is 44.8 Å². The van der Waals surface area contributed by atoms with E-state index in [1.165, 1.54) is 0 Å². The highest BCUT2D eigenvalue weighted by Gasteiger charge is 2.28. The van der Waals surface area contributed by atoms with Gasteiger partial charge in [0.05, 0.1) is 12.6 Å². The molecule has 11 nitrogen and oxygen atoms in total. The Balaban J connectivity index is 4.71. The van der Waals surface area contributed by atoms with E-state index in [0.717, 1.165) is 0 Å². The van der Waals surface area contributed by atoms with Crippen molar-refractivity contribution in [2.24, 2.45) is 28.1 Å². The monoisotopic (exact) mass is 360 g/mol. The van der Waals surface area contributed by atoms with Crippen LogP contribution in [0.4, 0.5) is 0 Å². The summed E-state index contributed by atoms with van der Waals surface area (Å²) in [6, 6.07) is -3.35. The smallest absolute Gasteiger partial charge is 0.326 e. The number of carboxylic acid groups (broad SMARTS) is 1. The van der Waals surface area contributed by atoms with Crippen molar-refractivity contribution in [1.82, 2.24) is 10.6 Å². The number of aliphatic imine (C=N–C) groups is 1. The predicted octanol–water partition coefficient (Wildman–Crippen LogP) is -2.93. The Hall–Kier alpha value is -2.40. The molecule has 0 rings (SSSR count). The molecule has 10 N–H and O–H groups in total. The van der Waals surface area contributed by atoms with Gasteiger partial charge in [-0.15, -0.1) is 0 Å². The second kappa shape index (κ2) is 11.2. The van der Waals surface area contributed by atoms with Crippen LogP contribution in [0.15, 0.2) is 4.99 Å². The number of nitrogens with one attached hydrogen (secondary N) is 2. The molecule has 0 aliphatic heterocycles. The number of carbonyl (C=O) groups is 3. The summed E-state index contributed by atoms with van der Waals surface area (Å²) in [5.74, 6) is -2.95. The number of hydrogen-bond acceptors (Lipinski definition) is 6. The minimum Gasteiger partial charge on any atom is -0.480 e. The first-order chi connectivity index (χ1) is 11.6. The maximum absolute atomic E-state index is 12.1. The quantitative estimate of drug-likeness (QED) is 0.115. The normalized spacial score (nSPS) is 14.3. The molecule has 3 unspecified atom stereocenters. The highest BCUT2D eigenvalue weighted by atomic mass is 16.4. The van der Waals surface area contributed by atoms with Crippen LogP contribution in [0.3, 0.4) is 0 Å². The molecular weight excluding hydrogens is 332 g/mol. The first kappa shape index (κ1) is 22.6. The Bertz CT molecular complexity index is 492. The minimum atomic E-state index is -1.29. The molecule has 0 spiro atoms. The van der Waals surface area contributed by atoms with Gasteiger partial charge < -0.3 is 38.0 Å². The third-order valence-corrected chi connectivity index (χ3v) is 3.40. The second-order valence-corrected chi connectivity index (χ2v) is 5.86. The fraction of sp³-hybridized carbons (Fsp3) is 0.714. The number of hydrogen-bond donors (Lipinski definition) is 7. The Morgan fingerprint density at radius 2 is 1.64 bits per heavy atom. The molecule has 2 amide bonds. The van der Waals surface area contributed by atoms with Gasteiger partial charge in [0.1, 0.15) is 12.1 Å². The molecule has 0 saturated carbocycles. The summed E-state index contributed by atoms with van der Waals surface area (Å²) in [4.78, 5) is 38.9. The lowest BCUT2D eigenvalue weighted by molar-refractivity contribution is -0.142. The van der Waals surface area contributed by atoms with Crippen molar-refractivity contribution < 1.29 is 24.6 Å². The van der Waals surface area contributed by atoms with Crippen LogP contribution in [0, 0.1) is 5.92 Å². The van der Waals surface area contributed by atoms with Crippen molar-refractivity contribution in [3.8, 4) is 0 Å². The number of nitrogens with zero attached hydrogens (tertiary/aromatic N) is 1. The molecule has 0 aliphatic carbocycles. The van der Waals surface area contributed by atoms with Crippen LogP contribution in [0.1, 0.15) is 26.7 Å². The number of amides is 2. The molecule has 0 aromatic carbocycles. The molecule has 25 heavy (non-hydrogen) atoms. The lowest BCUT2D eigenvalue weighted by atomic mass is 10.0. The third-order valence-electron chi connectivity index (χ3n) is 3.40. The largest absolute Gasteiger partial charge is 0.480 e. The summed E-state index contributed by atoms with van der Waals surface area (Å²) in [7, 11) is 0. The molecule has 0 bridgehead atoms. The van der Waals surface area contributed by atoms with E-state index in [2.05, 4.69) is 15.6 Å². The van der Waals surface area contributed by atoms with Gasteiger partial charge in [-0.1, -0.05) is 13.8 Å². The first-order valence-corrected chi connectivity index (χ1v) is 7.85. The Morgan fingerprint density at radius 3 is 2.08 bits per heavy atom. The van der Waals surface area contributed by atoms with Gasteiger partial charge in [0.2, 0.25) is 11.8 Å². The van der Waals surface area contributed by atoms with E-state index in [1.54, 1.807) is 13.8 Å². The van der Waals surface area contributed by atoms with E-state index in [1.807, 2.05) is 0 Å². The van der Waals surface area contributed by atoms with Crippen LogP contribution < -0.4 is 27.8 Å². The van der Waals surface area contributed by atoms with Gasteiger partial charge in [-0.05, 0) is 18.8 Å². The van der Waals surface area contributed by atoms with Crippen molar-refractivity contribution in [2.75, 3.05) is 13.2 Å². The molecule has 144 valence electrons. The molecule has 0 aromatic heterocycles. The average Bonchev–Trinajstić information content (AvgIpc) is 2.53. The minimum absolute atomic E-state index is 0.0788. The van der Waals surface area contributed by atoms with Crippen LogP contribution in [0.2, 0.25) is 0 Å². The highest BCUT2D eigenvalue weighted by molar-refractivity contribution is 5.91. The number of aliphatic hydroxyl groups is 1. The lowest BCUT2D eigenvalue weighted by Crippen LogP contribution is -2.56. The van der Waals surface area contributed by atoms with Gasteiger partial charge in [0, 0.05) is 6.54 Å². The van der Waals surface area contributed by atoms with E-state index in [-0.39, 0.29) is 24.8 Å². The highest BCUT2D eigenvalue weighted by Crippen LogP contribution is 2.01. The van der Waals surface area contributed by atoms with E-state index in [9.17, 15) is 19.5 Å². The zero-order chi connectivity index (χ0) is 19.6. The van der Waals surface area contributed by atoms with Gasteiger partial charge >= 0.3 is 5.97 Å².